The Hall–Kier alpha value is -0.120. The van der Waals surface area contributed by atoms with Gasteiger partial charge in [-0.3, -0.25) is 9.80 Å². The highest BCUT2D eigenvalue weighted by Crippen LogP contribution is 2.30. The molecular formula is C14H29N3. The lowest BCUT2D eigenvalue weighted by molar-refractivity contribution is 0.0339. The Bertz CT molecular complexity index is 238. The molecule has 2 N–H and O–H groups in total. The first-order chi connectivity index (χ1) is 8.02. The van der Waals surface area contributed by atoms with Crippen molar-refractivity contribution in [1.29, 1.82) is 0 Å². The second-order valence-corrected chi connectivity index (χ2v) is 6.69. The summed E-state index contributed by atoms with van der Waals surface area (Å²) in [6.45, 7) is 12.7. The molecule has 0 radical (unpaired) electrons. The van der Waals surface area contributed by atoms with Crippen molar-refractivity contribution in [3.05, 3.63) is 0 Å². The van der Waals surface area contributed by atoms with Crippen LogP contribution < -0.4 is 5.73 Å². The molecule has 1 saturated heterocycles. The highest BCUT2D eigenvalue weighted by atomic mass is 15.3. The van der Waals surface area contributed by atoms with E-state index in [0.29, 0.717) is 5.54 Å². The highest BCUT2D eigenvalue weighted by Gasteiger charge is 2.34. The van der Waals surface area contributed by atoms with Crippen LogP contribution >= 0.6 is 0 Å². The van der Waals surface area contributed by atoms with Crippen LogP contribution in [-0.2, 0) is 0 Å². The van der Waals surface area contributed by atoms with Gasteiger partial charge in [-0.1, -0.05) is 6.42 Å². The van der Waals surface area contributed by atoms with Gasteiger partial charge in [-0.05, 0) is 46.1 Å². The van der Waals surface area contributed by atoms with Gasteiger partial charge in [-0.25, -0.2) is 0 Å². The van der Waals surface area contributed by atoms with Gasteiger partial charge in [0.05, 0.1) is 0 Å². The Morgan fingerprint density at radius 2 is 1.71 bits per heavy atom. The Kier molecular flexibility index (Phi) is 4.11. The van der Waals surface area contributed by atoms with Crippen LogP contribution in [0.1, 0.15) is 40.0 Å². The minimum absolute atomic E-state index is 0.328. The zero-order valence-electron chi connectivity index (χ0n) is 11.8. The molecule has 100 valence electrons. The van der Waals surface area contributed by atoms with Crippen molar-refractivity contribution < 1.29 is 0 Å². The predicted octanol–water partition coefficient (Wildman–Crippen LogP) is 1.53. The summed E-state index contributed by atoms with van der Waals surface area (Å²) in [4.78, 5) is 5.31. The average Bonchev–Trinajstić information content (AvgIpc) is 2.76. The molecule has 0 aromatic carbocycles. The maximum Gasteiger partial charge on any atom is 0.0137 e. The topological polar surface area (TPSA) is 32.5 Å². The summed E-state index contributed by atoms with van der Waals surface area (Å²) < 4.78 is 0. The summed E-state index contributed by atoms with van der Waals surface area (Å²) in [6, 6.07) is 0.780. The third kappa shape index (κ3) is 3.01. The van der Waals surface area contributed by atoms with Gasteiger partial charge in [0.25, 0.3) is 0 Å². The van der Waals surface area contributed by atoms with Crippen LogP contribution in [-0.4, -0.2) is 54.1 Å². The molecule has 3 heteroatoms. The Morgan fingerprint density at radius 1 is 1.06 bits per heavy atom. The molecule has 2 atom stereocenters. The molecular weight excluding hydrogens is 210 g/mol. The second kappa shape index (κ2) is 5.25. The van der Waals surface area contributed by atoms with Crippen molar-refractivity contribution in [3.8, 4) is 0 Å². The number of hydrogen-bond acceptors (Lipinski definition) is 3. The molecule has 1 heterocycles. The van der Waals surface area contributed by atoms with Crippen LogP contribution in [0.4, 0.5) is 0 Å². The Morgan fingerprint density at radius 3 is 2.24 bits per heavy atom. The number of rotatable bonds is 2. The molecule has 1 saturated carbocycles. The summed E-state index contributed by atoms with van der Waals surface area (Å²) in [6.07, 6.45) is 4.10. The van der Waals surface area contributed by atoms with Crippen molar-refractivity contribution in [1.82, 2.24) is 9.80 Å². The number of nitrogens with two attached hydrogens (primary N) is 1. The lowest BCUT2D eigenvalue weighted by atomic mass is 10.00. The first-order valence-electron chi connectivity index (χ1n) is 7.21. The Labute approximate surface area is 106 Å². The van der Waals surface area contributed by atoms with E-state index in [1.54, 1.807) is 0 Å². The molecule has 17 heavy (non-hydrogen) atoms. The molecule has 0 amide bonds. The lowest BCUT2D eigenvalue weighted by Crippen LogP contribution is -2.56. The fraction of sp³-hybridized carbons (Fsp3) is 1.00. The van der Waals surface area contributed by atoms with Crippen LogP contribution in [0.3, 0.4) is 0 Å². The van der Waals surface area contributed by atoms with E-state index < -0.39 is 0 Å². The highest BCUT2D eigenvalue weighted by molar-refractivity contribution is 4.90. The predicted molar refractivity (Wildman–Crippen MR) is 73.1 cm³/mol. The quantitative estimate of drug-likeness (QED) is 0.793. The third-order valence-electron chi connectivity index (χ3n) is 4.65. The molecule has 0 aromatic rings. The third-order valence-corrected chi connectivity index (χ3v) is 4.65. The standard InChI is InChI=1S/C14H29N3/c1-14(2,3)17-9-7-16(8-10-17)13-6-4-5-12(13)11-15/h12-13H,4-11,15H2,1-3H3. The van der Waals surface area contributed by atoms with Crippen molar-refractivity contribution in [3.63, 3.8) is 0 Å². The monoisotopic (exact) mass is 239 g/mol. The first-order valence-corrected chi connectivity index (χ1v) is 7.21. The van der Waals surface area contributed by atoms with Crippen molar-refractivity contribution in [2.24, 2.45) is 11.7 Å². The number of piperazine rings is 1. The first kappa shape index (κ1) is 13.3. The maximum absolute atomic E-state index is 5.89. The molecule has 0 spiro atoms. The molecule has 2 rings (SSSR count). The van der Waals surface area contributed by atoms with Crippen molar-refractivity contribution >= 4 is 0 Å². The molecule has 2 aliphatic rings. The van der Waals surface area contributed by atoms with E-state index in [-0.39, 0.29) is 0 Å². The SMILES string of the molecule is CC(C)(C)N1CCN(C2CCCC2CN)CC1. The van der Waals surface area contributed by atoms with Gasteiger partial charge in [0, 0.05) is 37.8 Å². The normalized spacial score (nSPS) is 33.2. The summed E-state index contributed by atoms with van der Waals surface area (Å²) in [5.41, 5.74) is 6.22. The largest absolute Gasteiger partial charge is 0.330 e. The fourth-order valence-electron chi connectivity index (χ4n) is 3.50. The van der Waals surface area contributed by atoms with E-state index in [1.807, 2.05) is 0 Å². The molecule has 1 aliphatic carbocycles. The average molecular weight is 239 g/mol. The molecule has 3 nitrogen and oxygen atoms in total. The lowest BCUT2D eigenvalue weighted by Gasteiger charge is -2.45. The van der Waals surface area contributed by atoms with Gasteiger partial charge in [0.2, 0.25) is 0 Å². The van der Waals surface area contributed by atoms with Gasteiger partial charge in [0.15, 0.2) is 0 Å². The van der Waals surface area contributed by atoms with Gasteiger partial charge in [0.1, 0.15) is 0 Å². The second-order valence-electron chi connectivity index (χ2n) is 6.69. The van der Waals surface area contributed by atoms with Crippen LogP contribution in [0, 0.1) is 5.92 Å². The van der Waals surface area contributed by atoms with Gasteiger partial charge >= 0.3 is 0 Å². The number of nitrogens with zero attached hydrogens (tertiary/aromatic N) is 2. The van der Waals surface area contributed by atoms with E-state index in [1.165, 1.54) is 45.4 Å². The van der Waals surface area contributed by atoms with Crippen LogP contribution in [0.5, 0.6) is 0 Å². The van der Waals surface area contributed by atoms with Crippen molar-refractivity contribution in [2.75, 3.05) is 32.7 Å². The molecule has 0 bridgehead atoms. The maximum atomic E-state index is 5.89. The molecule has 0 aromatic heterocycles. The van der Waals surface area contributed by atoms with Crippen LogP contribution in [0.15, 0.2) is 0 Å². The summed E-state index contributed by atoms with van der Waals surface area (Å²) in [5, 5.41) is 0. The smallest absolute Gasteiger partial charge is 0.0137 e. The van der Waals surface area contributed by atoms with E-state index in [2.05, 4.69) is 30.6 Å². The summed E-state index contributed by atoms with van der Waals surface area (Å²) in [5.74, 6) is 0.760. The van der Waals surface area contributed by atoms with E-state index in [4.69, 9.17) is 5.73 Å². The zero-order valence-corrected chi connectivity index (χ0v) is 11.8. The minimum Gasteiger partial charge on any atom is -0.330 e. The Balaban J connectivity index is 1.86. The van der Waals surface area contributed by atoms with E-state index in [0.717, 1.165) is 18.5 Å². The van der Waals surface area contributed by atoms with E-state index >= 15 is 0 Å². The van der Waals surface area contributed by atoms with Gasteiger partial charge in [-0.15, -0.1) is 0 Å². The molecule has 2 unspecified atom stereocenters. The van der Waals surface area contributed by atoms with Crippen LogP contribution in [0.2, 0.25) is 0 Å². The summed E-state index contributed by atoms with van der Waals surface area (Å²) in [7, 11) is 0. The van der Waals surface area contributed by atoms with E-state index in [9.17, 15) is 0 Å². The number of hydrogen-bond donors (Lipinski definition) is 1. The van der Waals surface area contributed by atoms with Gasteiger partial charge in [-0.2, -0.15) is 0 Å². The molecule has 1 aliphatic heterocycles. The minimum atomic E-state index is 0.328. The van der Waals surface area contributed by atoms with Gasteiger partial charge < -0.3 is 5.73 Å². The van der Waals surface area contributed by atoms with Crippen LogP contribution in [0.25, 0.3) is 0 Å². The van der Waals surface area contributed by atoms with Crippen molar-refractivity contribution in [2.45, 2.75) is 51.6 Å². The zero-order chi connectivity index (χ0) is 12.5. The molecule has 2 fully saturated rings. The fourth-order valence-corrected chi connectivity index (χ4v) is 3.50. The summed E-state index contributed by atoms with van der Waals surface area (Å²) >= 11 is 0.